The van der Waals surface area contributed by atoms with Crippen LogP contribution in [0, 0.1) is 13.8 Å². The summed E-state index contributed by atoms with van der Waals surface area (Å²) in [6, 6.07) is 3.83. The van der Waals surface area contributed by atoms with Crippen molar-refractivity contribution in [3.05, 3.63) is 41.5 Å². The van der Waals surface area contributed by atoms with Crippen LogP contribution in [0.4, 0.5) is 5.82 Å². The summed E-state index contributed by atoms with van der Waals surface area (Å²) < 4.78 is 7.10. The molecule has 0 amide bonds. The number of nitrogens with one attached hydrogen (secondary N) is 1. The van der Waals surface area contributed by atoms with Crippen LogP contribution in [0.15, 0.2) is 24.5 Å². The van der Waals surface area contributed by atoms with E-state index in [2.05, 4.69) is 32.3 Å². The molecule has 0 bridgehead atoms. The van der Waals surface area contributed by atoms with E-state index in [4.69, 9.17) is 4.74 Å². The first-order valence-corrected chi connectivity index (χ1v) is 7.52. The molecule has 3 aromatic rings. The van der Waals surface area contributed by atoms with E-state index >= 15 is 0 Å². The lowest BCUT2D eigenvalue weighted by atomic mass is 10.2. The Morgan fingerprint density at radius 1 is 1.17 bits per heavy atom. The van der Waals surface area contributed by atoms with E-state index in [-0.39, 0.29) is 0 Å². The molecule has 3 aromatic heterocycles. The molecule has 7 nitrogen and oxygen atoms in total. The molecule has 3 rings (SSSR count). The zero-order chi connectivity index (χ0) is 16.2. The van der Waals surface area contributed by atoms with Crippen molar-refractivity contribution in [2.45, 2.75) is 26.9 Å². The maximum absolute atomic E-state index is 5.12. The summed E-state index contributed by atoms with van der Waals surface area (Å²) in [6.45, 7) is 6.18. The van der Waals surface area contributed by atoms with Crippen molar-refractivity contribution >= 4 is 17.0 Å². The Morgan fingerprint density at radius 3 is 2.83 bits per heavy atom. The normalized spacial score (nSPS) is 11.1. The topological polar surface area (TPSA) is 77.8 Å². The molecule has 0 aromatic carbocycles. The van der Waals surface area contributed by atoms with Gasteiger partial charge in [-0.05, 0) is 26.0 Å². The van der Waals surface area contributed by atoms with Gasteiger partial charge in [0.05, 0.1) is 18.8 Å². The average Bonchev–Trinajstić information content (AvgIpc) is 2.84. The van der Waals surface area contributed by atoms with Crippen molar-refractivity contribution in [3.63, 3.8) is 0 Å². The van der Waals surface area contributed by atoms with E-state index in [0.717, 1.165) is 29.3 Å². The minimum absolute atomic E-state index is 0.640. The smallest absolute Gasteiger partial charge is 0.180 e. The predicted octanol–water partition coefficient (Wildman–Crippen LogP) is 2.10. The van der Waals surface area contributed by atoms with E-state index in [0.29, 0.717) is 18.8 Å². The lowest BCUT2D eigenvalue weighted by Crippen LogP contribution is -2.08. The molecule has 3 heterocycles. The van der Waals surface area contributed by atoms with Gasteiger partial charge in [0.1, 0.15) is 11.3 Å². The van der Waals surface area contributed by atoms with Crippen LogP contribution in [0.5, 0.6) is 0 Å². The van der Waals surface area contributed by atoms with Gasteiger partial charge >= 0.3 is 0 Å². The molecular formula is C16H20N6O. The van der Waals surface area contributed by atoms with Gasteiger partial charge in [-0.1, -0.05) is 0 Å². The van der Waals surface area contributed by atoms with Crippen molar-refractivity contribution in [2.24, 2.45) is 0 Å². The molecular weight excluding hydrogens is 292 g/mol. The molecule has 0 saturated carbocycles. The summed E-state index contributed by atoms with van der Waals surface area (Å²) in [5.41, 5.74) is 4.78. The molecule has 0 spiro atoms. The molecule has 0 atom stereocenters. The number of aryl methyl sites for hydroxylation is 1. The number of anilines is 1. The minimum atomic E-state index is 0.640. The van der Waals surface area contributed by atoms with Crippen LogP contribution in [-0.4, -0.2) is 38.4 Å². The third-order valence-corrected chi connectivity index (χ3v) is 3.82. The fourth-order valence-electron chi connectivity index (χ4n) is 2.52. The minimum Gasteiger partial charge on any atom is -0.383 e. The Kier molecular flexibility index (Phi) is 4.47. The van der Waals surface area contributed by atoms with Crippen LogP contribution in [0.1, 0.15) is 17.0 Å². The number of hydrogen-bond acceptors (Lipinski definition) is 6. The van der Waals surface area contributed by atoms with Gasteiger partial charge in [-0.2, -0.15) is 5.10 Å². The molecule has 1 N–H and O–H groups in total. The van der Waals surface area contributed by atoms with Crippen molar-refractivity contribution < 1.29 is 4.74 Å². The third kappa shape index (κ3) is 3.29. The van der Waals surface area contributed by atoms with Gasteiger partial charge in [0.25, 0.3) is 0 Å². The predicted molar refractivity (Wildman–Crippen MR) is 88.2 cm³/mol. The molecule has 7 heteroatoms. The van der Waals surface area contributed by atoms with E-state index in [1.807, 2.05) is 23.7 Å². The van der Waals surface area contributed by atoms with Gasteiger partial charge in [0.15, 0.2) is 5.65 Å². The van der Waals surface area contributed by atoms with E-state index in [9.17, 15) is 0 Å². The highest BCUT2D eigenvalue weighted by molar-refractivity contribution is 5.71. The van der Waals surface area contributed by atoms with Crippen LogP contribution in [0.25, 0.3) is 11.2 Å². The van der Waals surface area contributed by atoms with Gasteiger partial charge in [0.2, 0.25) is 0 Å². The SMILES string of the molecule is COCCn1nc(C)c(CNc2ccc3nccnc3n2)c1C. The highest BCUT2D eigenvalue weighted by atomic mass is 16.5. The fourth-order valence-corrected chi connectivity index (χ4v) is 2.52. The third-order valence-electron chi connectivity index (χ3n) is 3.82. The molecule has 0 radical (unpaired) electrons. The first kappa shape index (κ1) is 15.4. The number of nitrogens with zero attached hydrogens (tertiary/aromatic N) is 5. The van der Waals surface area contributed by atoms with Crippen LogP contribution >= 0.6 is 0 Å². The second kappa shape index (κ2) is 6.70. The van der Waals surface area contributed by atoms with Crippen LogP contribution in [0.2, 0.25) is 0 Å². The van der Waals surface area contributed by atoms with Gasteiger partial charge in [-0.3, -0.25) is 9.67 Å². The maximum atomic E-state index is 5.12. The van der Waals surface area contributed by atoms with Crippen molar-refractivity contribution in [3.8, 4) is 0 Å². The first-order chi connectivity index (χ1) is 11.2. The largest absolute Gasteiger partial charge is 0.383 e. The van der Waals surface area contributed by atoms with Crippen LogP contribution < -0.4 is 5.32 Å². The molecule has 23 heavy (non-hydrogen) atoms. The highest BCUT2D eigenvalue weighted by Gasteiger charge is 2.11. The number of pyridine rings is 1. The quantitative estimate of drug-likeness (QED) is 0.751. The molecule has 0 fully saturated rings. The standard InChI is InChI=1S/C16H20N6O/c1-11-13(12(2)22(21-11)8-9-23-3)10-19-15-5-4-14-16(20-15)18-7-6-17-14/h4-7H,8-10H2,1-3H3,(H,18,19,20). The number of rotatable bonds is 6. The summed E-state index contributed by atoms with van der Waals surface area (Å²) in [4.78, 5) is 12.9. The van der Waals surface area contributed by atoms with E-state index in [1.54, 1.807) is 19.5 Å². The van der Waals surface area contributed by atoms with Gasteiger partial charge in [0, 0.05) is 37.3 Å². The molecule has 120 valence electrons. The van der Waals surface area contributed by atoms with Crippen molar-refractivity contribution in [1.82, 2.24) is 24.7 Å². The number of aromatic nitrogens is 5. The summed E-state index contributed by atoms with van der Waals surface area (Å²) in [6.07, 6.45) is 3.31. The maximum Gasteiger partial charge on any atom is 0.180 e. The Balaban J connectivity index is 1.75. The van der Waals surface area contributed by atoms with Crippen molar-refractivity contribution in [1.29, 1.82) is 0 Å². The zero-order valence-electron chi connectivity index (χ0n) is 13.6. The van der Waals surface area contributed by atoms with Gasteiger partial charge in [-0.15, -0.1) is 0 Å². The monoisotopic (exact) mass is 312 g/mol. The van der Waals surface area contributed by atoms with E-state index < -0.39 is 0 Å². The second-order valence-electron chi connectivity index (χ2n) is 5.31. The summed E-state index contributed by atoms with van der Waals surface area (Å²) in [5.74, 6) is 0.779. The summed E-state index contributed by atoms with van der Waals surface area (Å²) >= 11 is 0. The van der Waals surface area contributed by atoms with Crippen LogP contribution in [0.3, 0.4) is 0 Å². The van der Waals surface area contributed by atoms with Gasteiger partial charge in [-0.25, -0.2) is 9.97 Å². The average molecular weight is 312 g/mol. The summed E-state index contributed by atoms with van der Waals surface area (Å²) in [5, 5.41) is 7.90. The van der Waals surface area contributed by atoms with Crippen molar-refractivity contribution in [2.75, 3.05) is 19.0 Å². The number of methoxy groups -OCH3 is 1. The Morgan fingerprint density at radius 2 is 2.00 bits per heavy atom. The Bertz CT molecular complexity index is 813. The van der Waals surface area contributed by atoms with E-state index in [1.165, 1.54) is 5.56 Å². The fraction of sp³-hybridized carbons (Fsp3) is 0.375. The zero-order valence-corrected chi connectivity index (χ0v) is 13.6. The molecule has 0 aliphatic rings. The van der Waals surface area contributed by atoms with Gasteiger partial charge < -0.3 is 10.1 Å². The summed E-state index contributed by atoms with van der Waals surface area (Å²) in [7, 11) is 1.70. The second-order valence-corrected chi connectivity index (χ2v) is 5.31. The lowest BCUT2D eigenvalue weighted by molar-refractivity contribution is 0.182. The molecule has 0 saturated heterocycles. The Hall–Kier alpha value is -2.54. The Labute approximate surface area is 134 Å². The first-order valence-electron chi connectivity index (χ1n) is 7.52. The molecule has 0 unspecified atom stereocenters. The number of hydrogen-bond donors (Lipinski definition) is 1. The number of fused-ring (bicyclic) bond motifs is 1. The molecule has 0 aliphatic carbocycles. The lowest BCUT2D eigenvalue weighted by Gasteiger charge is -2.07. The number of ether oxygens (including phenoxy) is 1. The molecule has 0 aliphatic heterocycles. The van der Waals surface area contributed by atoms with Crippen LogP contribution in [-0.2, 0) is 17.8 Å². The highest BCUT2D eigenvalue weighted by Crippen LogP contribution is 2.16.